The third-order valence-corrected chi connectivity index (χ3v) is 6.58. The fraction of sp³-hybridized carbons (Fsp3) is 0.650. The van der Waals surface area contributed by atoms with Gasteiger partial charge in [0, 0.05) is 30.4 Å². The van der Waals surface area contributed by atoms with E-state index in [0.717, 1.165) is 45.1 Å². The molecule has 1 aromatic rings. The van der Waals surface area contributed by atoms with Crippen molar-refractivity contribution in [1.29, 1.82) is 0 Å². The van der Waals surface area contributed by atoms with Gasteiger partial charge < -0.3 is 15.4 Å². The molecule has 26 heavy (non-hydrogen) atoms. The molecule has 0 saturated heterocycles. The second-order valence-corrected chi connectivity index (χ2v) is 8.06. The zero-order valence-corrected chi connectivity index (χ0v) is 18.9. The Morgan fingerprint density at radius 2 is 2.12 bits per heavy atom. The Morgan fingerprint density at radius 3 is 2.77 bits per heavy atom. The number of rotatable bonds is 6. The maximum atomic E-state index is 5.37. The Balaban J connectivity index is 0.00000243. The minimum atomic E-state index is 0. The molecule has 0 atom stereocenters. The van der Waals surface area contributed by atoms with Gasteiger partial charge in [-0.05, 0) is 37.1 Å². The molecule has 0 radical (unpaired) electrons. The summed E-state index contributed by atoms with van der Waals surface area (Å²) >= 11 is 1.90. The predicted molar refractivity (Wildman–Crippen MR) is 122 cm³/mol. The van der Waals surface area contributed by atoms with E-state index in [2.05, 4.69) is 39.2 Å². The second-order valence-electron chi connectivity index (χ2n) is 7.11. The van der Waals surface area contributed by atoms with Crippen LogP contribution in [0, 0.1) is 0 Å². The molecule has 0 aromatic carbocycles. The van der Waals surface area contributed by atoms with Gasteiger partial charge in [-0.1, -0.05) is 37.0 Å². The molecule has 2 N–H and O–H groups in total. The highest BCUT2D eigenvalue weighted by molar-refractivity contribution is 14.0. The number of nitrogens with zero attached hydrogens (tertiary/aromatic N) is 1. The standard InChI is InChI=1S/C20H31N3OS.HI/c1-21-19(22-12-7-17-8-13-24-14-9-17)23-16-20(10-3-2-4-11-20)18-6-5-15-25-18;/h5-6,8,15H,2-4,7,9-14,16H2,1H3,(H2,21,22,23);1H. The van der Waals surface area contributed by atoms with Crippen molar-refractivity contribution in [3.63, 3.8) is 0 Å². The van der Waals surface area contributed by atoms with Gasteiger partial charge in [-0.3, -0.25) is 4.99 Å². The smallest absolute Gasteiger partial charge is 0.191 e. The normalized spacial score (nSPS) is 20.0. The quantitative estimate of drug-likeness (QED) is 0.268. The Kier molecular flexibility index (Phi) is 9.42. The van der Waals surface area contributed by atoms with Gasteiger partial charge >= 0.3 is 0 Å². The van der Waals surface area contributed by atoms with Crippen molar-refractivity contribution in [1.82, 2.24) is 10.6 Å². The maximum absolute atomic E-state index is 5.37. The van der Waals surface area contributed by atoms with Crippen LogP contribution in [0.3, 0.4) is 0 Å². The average Bonchev–Trinajstić information content (AvgIpc) is 3.21. The molecule has 3 rings (SSSR count). The SMILES string of the molecule is CN=C(NCCC1=CCOCC1)NCC1(c2cccs2)CCCCC1.I. The Bertz CT molecular complexity index is 580. The number of nitrogens with one attached hydrogen (secondary N) is 2. The molecule has 1 aliphatic heterocycles. The summed E-state index contributed by atoms with van der Waals surface area (Å²) in [5.74, 6) is 0.925. The first kappa shape index (κ1) is 21.7. The van der Waals surface area contributed by atoms with Crippen LogP contribution in [0.4, 0.5) is 0 Å². The third kappa shape index (κ3) is 5.96. The van der Waals surface area contributed by atoms with Gasteiger partial charge in [0.1, 0.15) is 0 Å². The summed E-state index contributed by atoms with van der Waals surface area (Å²) in [5.41, 5.74) is 1.78. The largest absolute Gasteiger partial charge is 0.377 e. The lowest BCUT2D eigenvalue weighted by Gasteiger charge is -2.37. The van der Waals surface area contributed by atoms with Crippen LogP contribution in [-0.4, -0.2) is 39.3 Å². The molecule has 1 saturated carbocycles. The van der Waals surface area contributed by atoms with Gasteiger partial charge in [-0.2, -0.15) is 0 Å². The van der Waals surface area contributed by atoms with Crippen molar-refractivity contribution in [2.24, 2.45) is 4.99 Å². The number of aliphatic imine (C=N–C) groups is 1. The van der Waals surface area contributed by atoms with Crippen LogP contribution in [0.1, 0.15) is 49.8 Å². The van der Waals surface area contributed by atoms with E-state index in [1.807, 2.05) is 18.4 Å². The van der Waals surface area contributed by atoms with E-state index in [4.69, 9.17) is 4.74 Å². The number of hydrogen-bond donors (Lipinski definition) is 2. The third-order valence-electron chi connectivity index (χ3n) is 5.47. The van der Waals surface area contributed by atoms with Crippen LogP contribution in [-0.2, 0) is 10.2 Å². The molecule has 1 aromatic heterocycles. The number of guanidine groups is 1. The Morgan fingerprint density at radius 1 is 1.27 bits per heavy atom. The summed E-state index contributed by atoms with van der Waals surface area (Å²) in [5, 5.41) is 9.30. The van der Waals surface area contributed by atoms with Crippen LogP contribution >= 0.6 is 35.3 Å². The molecular weight excluding hydrogens is 457 g/mol. The molecular formula is C20H32IN3OS. The Labute approximate surface area is 178 Å². The first-order valence-electron chi connectivity index (χ1n) is 9.57. The van der Waals surface area contributed by atoms with Crippen molar-refractivity contribution in [3.8, 4) is 0 Å². The van der Waals surface area contributed by atoms with Gasteiger partial charge in [-0.15, -0.1) is 35.3 Å². The summed E-state index contributed by atoms with van der Waals surface area (Å²) in [7, 11) is 1.86. The highest BCUT2D eigenvalue weighted by atomic mass is 127. The average molecular weight is 489 g/mol. The van der Waals surface area contributed by atoms with Crippen LogP contribution in [0.2, 0.25) is 0 Å². The molecule has 6 heteroatoms. The van der Waals surface area contributed by atoms with Crippen molar-refractivity contribution in [3.05, 3.63) is 34.0 Å². The summed E-state index contributed by atoms with van der Waals surface area (Å²) in [6, 6.07) is 4.50. The molecule has 0 amide bonds. The first-order valence-corrected chi connectivity index (χ1v) is 10.4. The fourth-order valence-electron chi connectivity index (χ4n) is 3.93. The molecule has 1 aliphatic carbocycles. The summed E-state index contributed by atoms with van der Waals surface area (Å²) in [6.07, 6.45) is 11.0. The molecule has 1 fully saturated rings. The van der Waals surface area contributed by atoms with Crippen molar-refractivity contribution in [2.45, 2.75) is 50.4 Å². The summed E-state index contributed by atoms with van der Waals surface area (Å²) in [4.78, 5) is 5.95. The van der Waals surface area contributed by atoms with E-state index in [0.29, 0.717) is 0 Å². The second kappa shape index (κ2) is 11.3. The monoisotopic (exact) mass is 489 g/mol. The van der Waals surface area contributed by atoms with Gasteiger partial charge in [0.25, 0.3) is 0 Å². The zero-order valence-electron chi connectivity index (χ0n) is 15.8. The van der Waals surface area contributed by atoms with Crippen LogP contribution < -0.4 is 10.6 Å². The van der Waals surface area contributed by atoms with Gasteiger partial charge in [0.15, 0.2) is 5.96 Å². The van der Waals surface area contributed by atoms with E-state index in [1.54, 1.807) is 0 Å². The highest BCUT2D eigenvalue weighted by Gasteiger charge is 2.34. The van der Waals surface area contributed by atoms with Crippen molar-refractivity contribution in [2.75, 3.05) is 33.4 Å². The van der Waals surface area contributed by atoms with Gasteiger partial charge in [-0.25, -0.2) is 0 Å². The van der Waals surface area contributed by atoms with E-state index >= 15 is 0 Å². The predicted octanol–water partition coefficient (Wildman–Crippen LogP) is 4.47. The van der Waals surface area contributed by atoms with Crippen LogP contribution in [0.25, 0.3) is 0 Å². The maximum Gasteiger partial charge on any atom is 0.191 e. The summed E-state index contributed by atoms with van der Waals surface area (Å²) in [6.45, 7) is 3.54. The number of thiophene rings is 1. The van der Waals surface area contributed by atoms with E-state index < -0.39 is 0 Å². The molecule has 4 nitrogen and oxygen atoms in total. The lowest BCUT2D eigenvalue weighted by molar-refractivity contribution is 0.153. The lowest BCUT2D eigenvalue weighted by Crippen LogP contribution is -2.46. The van der Waals surface area contributed by atoms with Crippen LogP contribution in [0.15, 0.2) is 34.2 Å². The molecule has 2 aliphatic rings. The molecule has 0 unspecified atom stereocenters. The van der Waals surface area contributed by atoms with E-state index in [1.165, 1.54) is 42.6 Å². The van der Waals surface area contributed by atoms with Crippen molar-refractivity contribution >= 4 is 41.3 Å². The lowest BCUT2D eigenvalue weighted by atomic mass is 9.73. The van der Waals surface area contributed by atoms with Gasteiger partial charge in [0.05, 0.1) is 13.2 Å². The minimum absolute atomic E-state index is 0. The molecule has 146 valence electrons. The topological polar surface area (TPSA) is 45.7 Å². The van der Waals surface area contributed by atoms with E-state index in [-0.39, 0.29) is 29.4 Å². The van der Waals surface area contributed by atoms with Crippen molar-refractivity contribution < 1.29 is 4.74 Å². The number of ether oxygens (including phenoxy) is 1. The summed E-state index contributed by atoms with van der Waals surface area (Å²) < 4.78 is 5.37. The molecule has 0 spiro atoms. The minimum Gasteiger partial charge on any atom is -0.377 e. The molecule has 0 bridgehead atoms. The first-order chi connectivity index (χ1) is 12.3. The van der Waals surface area contributed by atoms with Crippen LogP contribution in [0.5, 0.6) is 0 Å². The number of hydrogen-bond acceptors (Lipinski definition) is 3. The van der Waals surface area contributed by atoms with Gasteiger partial charge in [0.2, 0.25) is 0 Å². The zero-order chi connectivity index (χ0) is 17.4. The number of halogens is 1. The fourth-order valence-corrected chi connectivity index (χ4v) is 4.91. The highest BCUT2D eigenvalue weighted by Crippen LogP contribution is 2.41. The Hall–Kier alpha value is -0.600. The molecule has 2 heterocycles. The van der Waals surface area contributed by atoms with E-state index in [9.17, 15) is 0 Å².